The van der Waals surface area contributed by atoms with E-state index < -0.39 is 0 Å². The zero-order valence-electron chi connectivity index (χ0n) is 9.87. The summed E-state index contributed by atoms with van der Waals surface area (Å²) in [4.78, 5) is 11.2. The molecule has 0 fully saturated rings. The monoisotopic (exact) mass is 220 g/mol. The Morgan fingerprint density at radius 2 is 2.12 bits per heavy atom. The van der Waals surface area contributed by atoms with Crippen LogP contribution in [0.4, 0.5) is 0 Å². The van der Waals surface area contributed by atoms with Gasteiger partial charge in [-0.3, -0.25) is 0 Å². The number of ether oxygens (including phenoxy) is 2. The Balaban J connectivity index is 2.11. The Morgan fingerprint density at radius 1 is 1.38 bits per heavy atom. The number of carbonyl (C=O) groups excluding carboxylic acids is 1. The lowest BCUT2D eigenvalue weighted by atomic mass is 9.99. The lowest BCUT2D eigenvalue weighted by molar-refractivity contribution is 0.0535. The molecule has 1 aromatic carbocycles. The van der Waals surface area contributed by atoms with Gasteiger partial charge < -0.3 is 9.47 Å². The van der Waals surface area contributed by atoms with Crippen LogP contribution in [0.15, 0.2) is 18.2 Å². The second-order valence-electron chi connectivity index (χ2n) is 5.24. The molecule has 0 aromatic heterocycles. The summed E-state index contributed by atoms with van der Waals surface area (Å²) in [6, 6.07) is 5.46. The average molecular weight is 220 g/mol. The summed E-state index contributed by atoms with van der Waals surface area (Å²) in [5.41, 5.74) is 1.70. The number of hydrogen-bond donors (Lipinski definition) is 0. The van der Waals surface area contributed by atoms with Crippen LogP contribution in [0.25, 0.3) is 0 Å². The third-order valence-electron chi connectivity index (χ3n) is 2.33. The van der Waals surface area contributed by atoms with E-state index in [1.807, 2.05) is 12.1 Å². The average Bonchev–Trinajstić information content (AvgIpc) is 2.56. The molecule has 0 spiro atoms. The number of fused-ring (bicyclic) bond motifs is 1. The molecule has 16 heavy (non-hydrogen) atoms. The third-order valence-corrected chi connectivity index (χ3v) is 2.33. The molecule has 0 N–H and O–H groups in total. The summed E-state index contributed by atoms with van der Waals surface area (Å²) in [5.74, 6) is 0.560. The molecule has 0 aliphatic carbocycles. The fraction of sp³-hybridized carbons (Fsp3) is 0.462. The van der Waals surface area contributed by atoms with Crippen LogP contribution in [0.3, 0.4) is 0 Å². The van der Waals surface area contributed by atoms with Gasteiger partial charge >= 0.3 is 5.97 Å². The maximum Gasteiger partial charge on any atom is 0.338 e. The van der Waals surface area contributed by atoms with Crippen molar-refractivity contribution in [1.29, 1.82) is 0 Å². The Kier molecular flexibility index (Phi) is 2.62. The minimum atomic E-state index is -0.239. The highest BCUT2D eigenvalue weighted by atomic mass is 16.5. The molecule has 0 bridgehead atoms. The molecular weight excluding hydrogens is 204 g/mol. The number of esters is 1. The van der Waals surface area contributed by atoms with Crippen molar-refractivity contribution in [2.45, 2.75) is 27.4 Å². The van der Waals surface area contributed by atoms with Crippen LogP contribution in [-0.2, 0) is 11.3 Å². The molecule has 86 valence electrons. The minimum absolute atomic E-state index is 0.130. The minimum Gasteiger partial charge on any atom is -0.493 e. The molecule has 1 aliphatic heterocycles. The van der Waals surface area contributed by atoms with E-state index in [0.717, 1.165) is 11.3 Å². The van der Waals surface area contributed by atoms with E-state index >= 15 is 0 Å². The number of cyclic esters (lactones) is 1. The topological polar surface area (TPSA) is 35.5 Å². The molecule has 2 rings (SSSR count). The number of benzene rings is 1. The van der Waals surface area contributed by atoms with Crippen LogP contribution in [-0.4, -0.2) is 12.6 Å². The summed E-state index contributed by atoms with van der Waals surface area (Å²) in [7, 11) is 0. The van der Waals surface area contributed by atoms with Crippen LogP contribution >= 0.6 is 0 Å². The normalized spacial score (nSPS) is 14.6. The zero-order valence-corrected chi connectivity index (χ0v) is 9.87. The van der Waals surface area contributed by atoms with E-state index in [0.29, 0.717) is 18.8 Å². The van der Waals surface area contributed by atoms with Crippen molar-refractivity contribution >= 4 is 5.97 Å². The van der Waals surface area contributed by atoms with E-state index in [9.17, 15) is 4.79 Å². The maximum absolute atomic E-state index is 11.2. The lowest BCUT2D eigenvalue weighted by Crippen LogP contribution is -2.16. The molecule has 0 radical (unpaired) electrons. The molecule has 1 heterocycles. The standard InChI is InChI=1S/C13H16O3/c1-13(2,3)8-16-10-4-5-11-9(6-10)7-15-12(11)14/h4-6H,7-8H2,1-3H3. The van der Waals surface area contributed by atoms with Gasteiger partial charge in [0, 0.05) is 5.56 Å². The number of carbonyl (C=O) groups is 1. The fourth-order valence-electron chi connectivity index (χ4n) is 1.50. The van der Waals surface area contributed by atoms with Gasteiger partial charge in [-0.15, -0.1) is 0 Å². The van der Waals surface area contributed by atoms with E-state index in [4.69, 9.17) is 9.47 Å². The number of hydrogen-bond acceptors (Lipinski definition) is 3. The predicted molar refractivity (Wildman–Crippen MR) is 60.5 cm³/mol. The van der Waals surface area contributed by atoms with Gasteiger partial charge in [-0.1, -0.05) is 20.8 Å². The molecule has 3 nitrogen and oxygen atoms in total. The molecule has 1 aromatic rings. The van der Waals surface area contributed by atoms with Crippen molar-refractivity contribution < 1.29 is 14.3 Å². The number of rotatable bonds is 2. The van der Waals surface area contributed by atoms with Gasteiger partial charge in [0.1, 0.15) is 12.4 Å². The summed E-state index contributed by atoms with van der Waals surface area (Å²) in [6.07, 6.45) is 0. The highest BCUT2D eigenvalue weighted by Gasteiger charge is 2.21. The highest BCUT2D eigenvalue weighted by Crippen LogP contribution is 2.25. The van der Waals surface area contributed by atoms with Crippen molar-refractivity contribution in [2.75, 3.05) is 6.61 Å². The molecule has 1 aliphatic rings. The van der Waals surface area contributed by atoms with Gasteiger partial charge in [0.05, 0.1) is 12.2 Å². The Hall–Kier alpha value is -1.51. The lowest BCUT2D eigenvalue weighted by Gasteiger charge is -2.18. The van der Waals surface area contributed by atoms with Crippen LogP contribution in [0, 0.1) is 5.41 Å². The Labute approximate surface area is 95.4 Å². The first-order chi connectivity index (χ1) is 7.46. The first-order valence-electron chi connectivity index (χ1n) is 5.38. The molecule has 0 amide bonds. The first-order valence-corrected chi connectivity index (χ1v) is 5.38. The van der Waals surface area contributed by atoms with Gasteiger partial charge in [0.2, 0.25) is 0 Å². The molecule has 0 saturated carbocycles. The van der Waals surface area contributed by atoms with Crippen LogP contribution in [0.5, 0.6) is 5.75 Å². The molecular formula is C13H16O3. The van der Waals surface area contributed by atoms with Crippen molar-refractivity contribution in [2.24, 2.45) is 5.41 Å². The molecule has 3 heteroatoms. The van der Waals surface area contributed by atoms with Crippen molar-refractivity contribution in [3.05, 3.63) is 29.3 Å². The first kappa shape index (κ1) is 11.0. The molecule has 0 unspecified atom stereocenters. The second-order valence-corrected chi connectivity index (χ2v) is 5.24. The van der Waals surface area contributed by atoms with Crippen molar-refractivity contribution in [3.63, 3.8) is 0 Å². The second kappa shape index (κ2) is 3.81. The van der Waals surface area contributed by atoms with Crippen LogP contribution in [0.1, 0.15) is 36.7 Å². The van der Waals surface area contributed by atoms with Crippen molar-refractivity contribution in [1.82, 2.24) is 0 Å². The van der Waals surface area contributed by atoms with Gasteiger partial charge in [-0.05, 0) is 23.6 Å². The van der Waals surface area contributed by atoms with E-state index in [1.54, 1.807) is 6.07 Å². The van der Waals surface area contributed by atoms with Gasteiger partial charge in [0.25, 0.3) is 0 Å². The third kappa shape index (κ3) is 2.35. The highest BCUT2D eigenvalue weighted by molar-refractivity contribution is 5.93. The van der Waals surface area contributed by atoms with Crippen LogP contribution in [0.2, 0.25) is 0 Å². The summed E-state index contributed by atoms with van der Waals surface area (Å²) in [5, 5.41) is 0. The molecule has 0 saturated heterocycles. The van der Waals surface area contributed by atoms with Gasteiger partial charge in [-0.2, -0.15) is 0 Å². The Bertz CT molecular complexity index is 416. The molecule has 0 atom stereocenters. The SMILES string of the molecule is CC(C)(C)COc1ccc2c(c1)COC2=O. The predicted octanol–water partition coefficient (Wildman–Crippen LogP) is 2.78. The van der Waals surface area contributed by atoms with Gasteiger partial charge in [-0.25, -0.2) is 4.79 Å². The van der Waals surface area contributed by atoms with Crippen molar-refractivity contribution in [3.8, 4) is 5.75 Å². The largest absolute Gasteiger partial charge is 0.493 e. The quantitative estimate of drug-likeness (QED) is 0.719. The van der Waals surface area contributed by atoms with Crippen LogP contribution < -0.4 is 4.74 Å². The fourth-order valence-corrected chi connectivity index (χ4v) is 1.50. The summed E-state index contributed by atoms with van der Waals surface area (Å²) in [6.45, 7) is 7.37. The Morgan fingerprint density at radius 3 is 2.81 bits per heavy atom. The van der Waals surface area contributed by atoms with E-state index in [1.165, 1.54) is 0 Å². The van der Waals surface area contributed by atoms with E-state index in [-0.39, 0.29) is 11.4 Å². The smallest absolute Gasteiger partial charge is 0.338 e. The zero-order chi connectivity index (χ0) is 11.8. The van der Waals surface area contributed by atoms with E-state index in [2.05, 4.69) is 20.8 Å². The summed E-state index contributed by atoms with van der Waals surface area (Å²) < 4.78 is 10.6. The summed E-state index contributed by atoms with van der Waals surface area (Å²) >= 11 is 0. The van der Waals surface area contributed by atoms with Gasteiger partial charge in [0.15, 0.2) is 0 Å². The maximum atomic E-state index is 11.2.